The predicted molar refractivity (Wildman–Crippen MR) is 166 cm³/mol. The van der Waals surface area contributed by atoms with Gasteiger partial charge in [-0.25, -0.2) is 9.97 Å². The van der Waals surface area contributed by atoms with E-state index < -0.39 is 0 Å². The SMILES string of the molecule is C=CC(=O)Nc1cc(Nc2cc(-c3ccc(NC)c(C=N)c3)ncn2)c(OCC)cc1N(C)CCNC(C)(C)C. The average Bonchev–Trinajstić information content (AvgIpc) is 2.93. The van der Waals surface area contributed by atoms with Gasteiger partial charge in [-0.15, -0.1) is 0 Å². The molecule has 0 aliphatic heterocycles. The highest BCUT2D eigenvalue weighted by atomic mass is 16.5. The zero-order valence-electron chi connectivity index (χ0n) is 24.2. The van der Waals surface area contributed by atoms with Crippen LogP contribution < -0.4 is 30.9 Å². The molecule has 5 N–H and O–H groups in total. The standard InChI is InChI=1S/C30H40N8O2/c1-8-29(39)37-24-15-25(27(40-9-2)17-26(24)38(7)13-12-35-30(3,4)5)36-28-16-23(33-19-34-28)20-10-11-22(32-6)21(14-20)18-31/h8,10-11,14-19,31-32,35H,1,9,12-13H2,2-7H3,(H,37,39)(H,33,34,36). The zero-order chi connectivity index (χ0) is 29.3. The van der Waals surface area contributed by atoms with E-state index in [1.165, 1.54) is 18.6 Å². The molecule has 10 heteroatoms. The quantitative estimate of drug-likeness (QED) is 0.145. The Hall–Kier alpha value is -4.44. The Morgan fingerprint density at radius 3 is 2.55 bits per heavy atom. The monoisotopic (exact) mass is 544 g/mol. The summed E-state index contributed by atoms with van der Waals surface area (Å²) in [5.74, 6) is 0.861. The number of aromatic nitrogens is 2. The molecule has 0 saturated heterocycles. The van der Waals surface area contributed by atoms with Gasteiger partial charge in [0, 0.05) is 67.9 Å². The van der Waals surface area contributed by atoms with E-state index in [9.17, 15) is 4.79 Å². The molecular weight excluding hydrogens is 504 g/mol. The summed E-state index contributed by atoms with van der Waals surface area (Å²) in [4.78, 5) is 23.2. The summed E-state index contributed by atoms with van der Waals surface area (Å²) in [6, 6.07) is 11.3. The van der Waals surface area contributed by atoms with Crippen molar-refractivity contribution in [2.45, 2.75) is 33.2 Å². The second kappa shape index (κ2) is 13.6. The lowest BCUT2D eigenvalue weighted by molar-refractivity contribution is -0.111. The number of anilines is 5. The Morgan fingerprint density at radius 1 is 1.12 bits per heavy atom. The van der Waals surface area contributed by atoms with Gasteiger partial charge in [-0.05, 0) is 52.0 Å². The number of likely N-dealkylation sites (N-methyl/N-ethyl adjacent to an activating group) is 1. The maximum atomic E-state index is 12.3. The minimum absolute atomic E-state index is 0.00264. The first-order chi connectivity index (χ1) is 19.1. The third-order valence-electron chi connectivity index (χ3n) is 6.06. The number of hydrogen-bond acceptors (Lipinski definition) is 9. The van der Waals surface area contributed by atoms with Crippen molar-refractivity contribution in [1.82, 2.24) is 15.3 Å². The molecular formula is C30H40N8O2. The fraction of sp³-hybridized carbons (Fsp3) is 0.333. The number of nitrogens with one attached hydrogen (secondary N) is 5. The lowest BCUT2D eigenvalue weighted by atomic mass is 10.1. The van der Waals surface area contributed by atoms with Gasteiger partial charge in [-0.2, -0.15) is 0 Å². The van der Waals surface area contributed by atoms with Crippen LogP contribution in [0.1, 0.15) is 33.3 Å². The van der Waals surface area contributed by atoms with Gasteiger partial charge in [-0.1, -0.05) is 12.6 Å². The molecule has 0 fully saturated rings. The van der Waals surface area contributed by atoms with Gasteiger partial charge in [-0.3, -0.25) is 4.79 Å². The average molecular weight is 545 g/mol. The molecule has 1 aromatic heterocycles. The molecule has 0 bridgehead atoms. The van der Waals surface area contributed by atoms with Crippen LogP contribution >= 0.6 is 0 Å². The molecule has 1 amide bonds. The van der Waals surface area contributed by atoms with Gasteiger partial charge < -0.3 is 36.3 Å². The summed E-state index contributed by atoms with van der Waals surface area (Å²) >= 11 is 0. The third-order valence-corrected chi connectivity index (χ3v) is 6.06. The maximum Gasteiger partial charge on any atom is 0.247 e. The molecule has 10 nitrogen and oxygen atoms in total. The second-order valence-corrected chi connectivity index (χ2v) is 10.2. The van der Waals surface area contributed by atoms with E-state index in [4.69, 9.17) is 10.1 Å². The molecule has 212 valence electrons. The highest BCUT2D eigenvalue weighted by Crippen LogP contribution is 2.38. The van der Waals surface area contributed by atoms with Gasteiger partial charge in [0.2, 0.25) is 5.91 Å². The van der Waals surface area contributed by atoms with Crippen molar-refractivity contribution in [2.24, 2.45) is 0 Å². The predicted octanol–water partition coefficient (Wildman–Crippen LogP) is 5.27. The fourth-order valence-corrected chi connectivity index (χ4v) is 4.05. The van der Waals surface area contributed by atoms with E-state index >= 15 is 0 Å². The van der Waals surface area contributed by atoms with Crippen LogP contribution in [0.15, 0.2) is 55.4 Å². The van der Waals surface area contributed by atoms with Crippen LogP contribution in [0.2, 0.25) is 0 Å². The fourth-order valence-electron chi connectivity index (χ4n) is 4.05. The summed E-state index contributed by atoms with van der Waals surface area (Å²) in [6.45, 7) is 13.8. The number of rotatable bonds is 13. The Bertz CT molecular complexity index is 1350. The first kappa shape index (κ1) is 30.1. The van der Waals surface area contributed by atoms with Crippen molar-refractivity contribution >= 4 is 40.7 Å². The van der Waals surface area contributed by atoms with E-state index in [0.29, 0.717) is 41.8 Å². The molecule has 0 radical (unpaired) electrons. The Kier molecular flexibility index (Phi) is 10.2. The topological polar surface area (TPSA) is 127 Å². The summed E-state index contributed by atoms with van der Waals surface area (Å²) < 4.78 is 6.00. The van der Waals surface area contributed by atoms with Crippen molar-refractivity contribution in [2.75, 3.05) is 54.6 Å². The molecule has 2 aromatic carbocycles. The van der Waals surface area contributed by atoms with Crippen molar-refractivity contribution < 1.29 is 9.53 Å². The van der Waals surface area contributed by atoms with Gasteiger partial charge in [0.1, 0.15) is 17.9 Å². The number of amides is 1. The van der Waals surface area contributed by atoms with Gasteiger partial charge in [0.25, 0.3) is 0 Å². The minimum Gasteiger partial charge on any atom is -0.492 e. The van der Waals surface area contributed by atoms with Crippen LogP contribution in [0.25, 0.3) is 11.3 Å². The number of carbonyl (C=O) groups is 1. The molecule has 0 aliphatic rings. The number of hydrogen-bond donors (Lipinski definition) is 5. The van der Waals surface area contributed by atoms with Gasteiger partial charge >= 0.3 is 0 Å². The highest BCUT2D eigenvalue weighted by Gasteiger charge is 2.17. The summed E-state index contributed by atoms with van der Waals surface area (Å²) in [7, 11) is 3.80. The number of ether oxygens (including phenoxy) is 1. The summed E-state index contributed by atoms with van der Waals surface area (Å²) in [5, 5.41) is 20.6. The number of benzene rings is 2. The Balaban J connectivity index is 1.98. The lowest BCUT2D eigenvalue weighted by Gasteiger charge is -2.27. The van der Waals surface area contributed by atoms with Crippen molar-refractivity contribution in [3.05, 3.63) is 60.9 Å². The van der Waals surface area contributed by atoms with Crippen LogP contribution in [-0.2, 0) is 4.79 Å². The Labute approximate surface area is 236 Å². The molecule has 0 atom stereocenters. The van der Waals surface area contributed by atoms with E-state index in [1.54, 1.807) is 0 Å². The molecule has 3 rings (SSSR count). The molecule has 0 spiro atoms. The first-order valence-corrected chi connectivity index (χ1v) is 13.2. The van der Waals surface area contributed by atoms with E-state index in [2.05, 4.69) is 63.5 Å². The Morgan fingerprint density at radius 2 is 1.90 bits per heavy atom. The first-order valence-electron chi connectivity index (χ1n) is 13.2. The minimum atomic E-state index is -0.311. The van der Waals surface area contributed by atoms with Crippen LogP contribution in [0.4, 0.5) is 28.6 Å². The smallest absolute Gasteiger partial charge is 0.247 e. The van der Waals surface area contributed by atoms with Gasteiger partial charge in [0.15, 0.2) is 0 Å². The van der Waals surface area contributed by atoms with E-state index in [1.807, 2.05) is 57.4 Å². The van der Waals surface area contributed by atoms with Crippen molar-refractivity contribution in [1.29, 1.82) is 5.41 Å². The molecule has 1 heterocycles. The van der Waals surface area contributed by atoms with Crippen LogP contribution in [-0.4, -0.2) is 61.4 Å². The molecule has 0 saturated carbocycles. The van der Waals surface area contributed by atoms with Crippen molar-refractivity contribution in [3.8, 4) is 17.0 Å². The zero-order valence-corrected chi connectivity index (χ0v) is 24.2. The summed E-state index contributed by atoms with van der Waals surface area (Å²) in [5.41, 5.74) is 5.23. The number of carbonyl (C=O) groups excluding carboxylic acids is 1. The second-order valence-electron chi connectivity index (χ2n) is 10.2. The van der Waals surface area contributed by atoms with Crippen LogP contribution in [0.3, 0.4) is 0 Å². The van der Waals surface area contributed by atoms with E-state index in [-0.39, 0.29) is 11.4 Å². The maximum absolute atomic E-state index is 12.3. The largest absolute Gasteiger partial charge is 0.492 e. The molecule has 0 aliphatic carbocycles. The van der Waals surface area contributed by atoms with E-state index in [0.717, 1.165) is 29.0 Å². The lowest BCUT2D eigenvalue weighted by Crippen LogP contribution is -2.40. The molecule has 0 unspecified atom stereocenters. The van der Waals surface area contributed by atoms with Crippen LogP contribution in [0.5, 0.6) is 5.75 Å². The third kappa shape index (κ3) is 8.03. The summed E-state index contributed by atoms with van der Waals surface area (Å²) in [6.07, 6.45) is 4.03. The van der Waals surface area contributed by atoms with Crippen LogP contribution in [0, 0.1) is 5.41 Å². The highest BCUT2D eigenvalue weighted by molar-refractivity contribution is 6.02. The molecule has 3 aromatic rings. The van der Waals surface area contributed by atoms with Gasteiger partial charge in [0.05, 0.1) is 29.4 Å². The van der Waals surface area contributed by atoms with Crippen molar-refractivity contribution in [3.63, 3.8) is 0 Å². The number of nitrogens with zero attached hydrogens (tertiary/aromatic N) is 3. The normalized spacial score (nSPS) is 10.9. The molecule has 40 heavy (non-hydrogen) atoms.